The average molecular weight is 465 g/mol. The molecule has 2 N–H and O–H groups in total. The number of benzene rings is 2. The molecule has 3 aromatic rings. The molecule has 2 aliphatic heterocycles. The van der Waals surface area contributed by atoms with Gasteiger partial charge in [0.2, 0.25) is 5.95 Å². The molecule has 6 nitrogen and oxygen atoms in total. The van der Waals surface area contributed by atoms with Crippen LogP contribution in [0, 0.1) is 6.92 Å². The van der Waals surface area contributed by atoms with E-state index in [1.807, 2.05) is 6.07 Å². The van der Waals surface area contributed by atoms with Crippen LogP contribution in [0.3, 0.4) is 0 Å². The number of nitrogens with zero attached hydrogens (tertiary/aromatic N) is 4. The summed E-state index contributed by atoms with van der Waals surface area (Å²) >= 11 is 0. The fraction of sp³-hybridized carbons (Fsp3) is 0.440. The molecule has 6 rings (SSSR count). The van der Waals surface area contributed by atoms with E-state index in [4.69, 9.17) is 14.3 Å². The van der Waals surface area contributed by atoms with Crippen molar-refractivity contribution < 1.29 is 4.39 Å². The van der Waals surface area contributed by atoms with Crippen molar-refractivity contribution in [2.24, 2.45) is 4.36 Å². The van der Waals surface area contributed by atoms with E-state index in [-0.39, 0.29) is 16.7 Å². The number of aryl methyl sites for hydroxylation is 1. The number of halogens is 1. The minimum Gasteiger partial charge on any atom is -0.362 e. The number of aromatic nitrogens is 2. The summed E-state index contributed by atoms with van der Waals surface area (Å²) in [6.07, 6.45) is 1.52. The highest BCUT2D eigenvalue weighted by Crippen LogP contribution is 2.31. The number of nitrogens with one attached hydrogen (secondary N) is 2. The van der Waals surface area contributed by atoms with E-state index in [9.17, 15) is 4.39 Å². The van der Waals surface area contributed by atoms with Gasteiger partial charge in [-0.1, -0.05) is 40.5 Å². The summed E-state index contributed by atoms with van der Waals surface area (Å²) in [4.78, 5) is 13.5. The third-order valence-corrected chi connectivity index (χ3v) is 8.58. The molecule has 172 valence electrons. The van der Waals surface area contributed by atoms with Crippen LogP contribution in [0.15, 0.2) is 51.7 Å². The number of alkyl halides is 1. The van der Waals surface area contributed by atoms with Crippen molar-refractivity contribution in [3.8, 4) is 0 Å². The lowest BCUT2D eigenvalue weighted by molar-refractivity contribution is 0.342. The highest BCUT2D eigenvalue weighted by Gasteiger charge is 2.29. The summed E-state index contributed by atoms with van der Waals surface area (Å²) in [6.45, 7) is 4.63. The first-order valence-electron chi connectivity index (χ1n) is 11.8. The Labute approximate surface area is 196 Å². The maximum absolute atomic E-state index is 14.4. The quantitative estimate of drug-likeness (QED) is 0.611. The predicted octanol–water partition coefficient (Wildman–Crippen LogP) is 4.00. The van der Waals surface area contributed by atoms with Crippen molar-refractivity contribution in [2.45, 2.75) is 49.5 Å². The lowest BCUT2D eigenvalue weighted by Gasteiger charge is -2.23. The third kappa shape index (κ3) is 4.34. The van der Waals surface area contributed by atoms with Gasteiger partial charge in [-0.15, -0.1) is 0 Å². The van der Waals surface area contributed by atoms with Crippen molar-refractivity contribution in [1.82, 2.24) is 15.3 Å². The van der Waals surface area contributed by atoms with E-state index in [2.05, 4.69) is 58.9 Å². The molecule has 2 fully saturated rings. The largest absolute Gasteiger partial charge is 0.362 e. The van der Waals surface area contributed by atoms with Crippen molar-refractivity contribution in [3.05, 3.63) is 53.6 Å². The molecular weight excluding hydrogens is 435 g/mol. The fourth-order valence-electron chi connectivity index (χ4n) is 4.54. The Kier molecular flexibility index (Phi) is 5.50. The third-order valence-electron chi connectivity index (χ3n) is 6.55. The molecule has 0 radical (unpaired) electrons. The molecule has 1 saturated carbocycles. The van der Waals surface area contributed by atoms with Gasteiger partial charge in [0.25, 0.3) is 0 Å². The number of fused-ring (bicyclic) bond motifs is 2. The molecule has 2 aromatic carbocycles. The molecule has 3 heterocycles. The van der Waals surface area contributed by atoms with Crippen molar-refractivity contribution in [3.63, 3.8) is 0 Å². The summed E-state index contributed by atoms with van der Waals surface area (Å²) in [6, 6.07) is 15.1. The molecule has 1 saturated heterocycles. The number of anilines is 2. The Bertz CT molecular complexity index is 1230. The summed E-state index contributed by atoms with van der Waals surface area (Å²) in [7, 11) is -0.0888. The van der Waals surface area contributed by atoms with Crippen molar-refractivity contribution in [1.29, 1.82) is 0 Å². The predicted molar refractivity (Wildman–Crippen MR) is 133 cm³/mol. The zero-order chi connectivity index (χ0) is 22.4. The Hall–Kier alpha value is -2.58. The second-order valence-electron chi connectivity index (χ2n) is 9.25. The monoisotopic (exact) mass is 464 g/mol. The topological polar surface area (TPSA) is 65.4 Å². The Balaban J connectivity index is 1.39. The molecule has 0 spiro atoms. The first-order chi connectivity index (χ1) is 16.1. The molecule has 0 amide bonds. The van der Waals surface area contributed by atoms with Crippen LogP contribution in [0.5, 0.6) is 0 Å². The Morgan fingerprint density at radius 1 is 1.15 bits per heavy atom. The van der Waals surface area contributed by atoms with Gasteiger partial charge in [0.15, 0.2) is 0 Å². The molecule has 33 heavy (non-hydrogen) atoms. The van der Waals surface area contributed by atoms with Crippen LogP contribution in [-0.2, 0) is 17.2 Å². The van der Waals surface area contributed by atoms with Crippen molar-refractivity contribution >= 4 is 33.4 Å². The highest BCUT2D eigenvalue weighted by molar-refractivity contribution is 7.87. The van der Waals surface area contributed by atoms with Crippen molar-refractivity contribution in [2.75, 3.05) is 35.6 Å². The van der Waals surface area contributed by atoms with E-state index in [1.165, 1.54) is 23.3 Å². The Morgan fingerprint density at radius 3 is 2.85 bits per heavy atom. The standard InChI is InChI=1S/C25H29FN6S/c1-16-6-9-21-19(12-16)24(28-22-14-27-13-20(22)26)30-25(29-21)32-10-11-33(31-18-7-8-18)23-5-3-2-4-17(23)15-32/h2-6,9,12,18,20,22,27H,7-8,10-11,13-15H2,1H3,(H,28,29,30)/t20-,22-,33?/m0/s1. The van der Waals surface area contributed by atoms with E-state index >= 15 is 0 Å². The van der Waals surface area contributed by atoms with Gasteiger partial charge in [0.05, 0.1) is 17.6 Å². The smallest absolute Gasteiger partial charge is 0.228 e. The average Bonchev–Trinajstić information content (AvgIpc) is 3.59. The van der Waals surface area contributed by atoms with Gasteiger partial charge in [-0.3, -0.25) is 4.36 Å². The van der Waals surface area contributed by atoms with Crippen LogP contribution in [0.2, 0.25) is 0 Å². The fourth-order valence-corrected chi connectivity index (χ4v) is 6.61. The first kappa shape index (κ1) is 21.0. The summed E-state index contributed by atoms with van der Waals surface area (Å²) in [5.41, 5.74) is 3.32. The lowest BCUT2D eigenvalue weighted by atomic mass is 10.1. The minimum atomic E-state index is -0.931. The zero-order valence-electron chi connectivity index (χ0n) is 18.8. The van der Waals surface area contributed by atoms with Gasteiger partial charge in [-0.2, -0.15) is 4.98 Å². The van der Waals surface area contributed by atoms with E-state index < -0.39 is 6.17 Å². The van der Waals surface area contributed by atoms with Gasteiger partial charge in [0.1, 0.15) is 12.0 Å². The Morgan fingerprint density at radius 2 is 2.03 bits per heavy atom. The van der Waals surface area contributed by atoms with Crippen LogP contribution >= 0.6 is 0 Å². The summed E-state index contributed by atoms with van der Waals surface area (Å²) < 4.78 is 19.5. The zero-order valence-corrected chi connectivity index (χ0v) is 19.6. The molecule has 0 bridgehead atoms. The van der Waals surface area contributed by atoms with Gasteiger partial charge in [-0.05, 0) is 43.5 Å². The highest BCUT2D eigenvalue weighted by atomic mass is 32.2. The van der Waals surface area contributed by atoms with E-state index in [1.54, 1.807) is 0 Å². The lowest BCUT2D eigenvalue weighted by Crippen LogP contribution is -2.31. The van der Waals surface area contributed by atoms with Crippen LogP contribution in [0.1, 0.15) is 24.0 Å². The van der Waals surface area contributed by atoms with Crippen LogP contribution < -0.4 is 15.5 Å². The number of hydrogen-bond donors (Lipinski definition) is 2. The van der Waals surface area contributed by atoms with Gasteiger partial charge in [-0.25, -0.2) is 9.37 Å². The number of rotatable bonds is 4. The van der Waals surface area contributed by atoms with E-state index in [0.29, 0.717) is 30.9 Å². The van der Waals surface area contributed by atoms with Gasteiger partial charge in [0, 0.05) is 42.2 Å². The van der Waals surface area contributed by atoms with Crippen LogP contribution in [0.4, 0.5) is 16.2 Å². The van der Waals surface area contributed by atoms with Gasteiger partial charge < -0.3 is 15.5 Å². The second kappa shape index (κ2) is 8.65. The first-order valence-corrected chi connectivity index (χ1v) is 13.1. The molecule has 1 unspecified atom stereocenters. The molecule has 3 aliphatic rings. The van der Waals surface area contributed by atoms with Gasteiger partial charge >= 0.3 is 0 Å². The number of hydrogen-bond acceptors (Lipinski definition) is 6. The molecule has 3 atom stereocenters. The SMILES string of the molecule is Cc1ccc2nc(N3CCS(=NC4CC4)c4ccccc4C3)nc(N[C@H]3CNC[C@@H]3F)c2c1. The van der Waals surface area contributed by atoms with Crippen LogP contribution in [0.25, 0.3) is 10.9 Å². The minimum absolute atomic E-state index is 0.0888. The molecular formula is C25H29FN6S. The maximum atomic E-state index is 14.4. The summed E-state index contributed by atoms with van der Waals surface area (Å²) in [5, 5.41) is 7.45. The van der Waals surface area contributed by atoms with E-state index in [0.717, 1.165) is 35.3 Å². The molecule has 1 aromatic heterocycles. The second-order valence-corrected chi connectivity index (χ2v) is 11.0. The van der Waals surface area contributed by atoms with Crippen LogP contribution in [-0.4, -0.2) is 53.6 Å². The maximum Gasteiger partial charge on any atom is 0.228 e. The molecule has 8 heteroatoms. The molecule has 1 aliphatic carbocycles. The normalized spacial score (nSPS) is 25.3. The summed E-state index contributed by atoms with van der Waals surface area (Å²) in [5.74, 6) is 2.39.